The van der Waals surface area contributed by atoms with E-state index >= 15 is 0 Å². The van der Waals surface area contributed by atoms with E-state index in [1.807, 2.05) is 43.5 Å². The normalized spacial score (nSPS) is 16.0. The molecule has 0 bridgehead atoms. The molecule has 1 unspecified atom stereocenters. The number of methoxy groups -OCH3 is 1. The van der Waals surface area contributed by atoms with Crippen molar-refractivity contribution >= 4 is 34.4 Å². The molecule has 7 heteroatoms. The molecule has 2 N–H and O–H groups in total. The second kappa shape index (κ2) is 10.4. The van der Waals surface area contributed by atoms with Gasteiger partial charge in [-0.1, -0.05) is 55.3 Å². The molecule has 1 atom stereocenters. The molecule has 5 nitrogen and oxygen atoms in total. The van der Waals surface area contributed by atoms with E-state index in [-0.39, 0.29) is 6.10 Å². The minimum atomic E-state index is 0.119. The van der Waals surface area contributed by atoms with Crippen molar-refractivity contribution in [3.8, 4) is 11.3 Å². The van der Waals surface area contributed by atoms with Gasteiger partial charge in [-0.15, -0.1) is 0 Å². The van der Waals surface area contributed by atoms with Crippen molar-refractivity contribution < 1.29 is 4.74 Å². The Morgan fingerprint density at radius 1 is 1.23 bits per heavy atom. The fourth-order valence-electron chi connectivity index (χ4n) is 3.66. The van der Waals surface area contributed by atoms with Gasteiger partial charge >= 0.3 is 0 Å². The summed E-state index contributed by atoms with van der Waals surface area (Å²) in [5.74, 6) is 0. The zero-order valence-electron chi connectivity index (χ0n) is 18.3. The third-order valence-corrected chi connectivity index (χ3v) is 5.75. The summed E-state index contributed by atoms with van der Waals surface area (Å²) in [5, 5.41) is 6.00. The van der Waals surface area contributed by atoms with E-state index in [1.165, 1.54) is 0 Å². The summed E-state index contributed by atoms with van der Waals surface area (Å²) in [6.45, 7) is 6.28. The largest absolute Gasteiger partial charge is 0.377 e. The van der Waals surface area contributed by atoms with Gasteiger partial charge in [0.25, 0.3) is 0 Å². The lowest BCUT2D eigenvalue weighted by Crippen LogP contribution is -2.09. The average molecular weight is 459 g/mol. The second-order valence-corrected chi connectivity index (χ2v) is 7.87. The van der Waals surface area contributed by atoms with Gasteiger partial charge < -0.3 is 10.5 Å². The maximum atomic E-state index is 6.53. The fraction of sp³-hybridized carbons (Fsp3) is 0.333. The van der Waals surface area contributed by atoms with Crippen molar-refractivity contribution in [3.63, 3.8) is 0 Å². The first-order valence-corrected chi connectivity index (χ1v) is 11.2. The Morgan fingerprint density at radius 3 is 2.68 bits per heavy atom. The molecule has 0 aliphatic heterocycles. The van der Waals surface area contributed by atoms with Crippen LogP contribution < -0.4 is 5.73 Å². The number of ether oxygens (including phenoxy) is 1. The van der Waals surface area contributed by atoms with Crippen LogP contribution in [0.15, 0.2) is 42.5 Å². The quantitative estimate of drug-likeness (QED) is 0.501. The Hall–Kier alpha value is -2.18. The molecule has 0 saturated carbocycles. The molecule has 31 heavy (non-hydrogen) atoms. The van der Waals surface area contributed by atoms with E-state index in [0.29, 0.717) is 16.6 Å². The molecular formula is C24H28Cl2N4O. The predicted molar refractivity (Wildman–Crippen MR) is 130 cm³/mol. The van der Waals surface area contributed by atoms with Crippen molar-refractivity contribution in [2.24, 2.45) is 5.73 Å². The van der Waals surface area contributed by atoms with E-state index in [2.05, 4.69) is 18.2 Å². The highest BCUT2D eigenvalue weighted by Gasteiger charge is 2.19. The zero-order chi connectivity index (χ0) is 22.5. The number of nitrogens with zero attached hydrogens (tertiary/aromatic N) is 3. The Morgan fingerprint density at radius 2 is 2.00 bits per heavy atom. The number of benzene rings is 1. The number of hydrogen-bond acceptors (Lipinski definition) is 4. The van der Waals surface area contributed by atoms with E-state index in [0.717, 1.165) is 52.3 Å². The van der Waals surface area contributed by atoms with Gasteiger partial charge in [0.15, 0.2) is 5.65 Å². The summed E-state index contributed by atoms with van der Waals surface area (Å²) in [6.07, 6.45) is 8.31. The van der Waals surface area contributed by atoms with Gasteiger partial charge in [-0.3, -0.25) is 0 Å². The molecule has 3 aromatic rings. The highest BCUT2D eigenvalue weighted by molar-refractivity contribution is 6.36. The Bertz CT molecular complexity index is 1130. The maximum Gasteiger partial charge on any atom is 0.156 e. The summed E-state index contributed by atoms with van der Waals surface area (Å²) < 4.78 is 7.29. The van der Waals surface area contributed by atoms with Crippen LogP contribution in [0.2, 0.25) is 10.0 Å². The van der Waals surface area contributed by atoms with Crippen molar-refractivity contribution in [2.75, 3.05) is 7.11 Å². The molecule has 0 fully saturated rings. The summed E-state index contributed by atoms with van der Waals surface area (Å²) >= 11 is 12.6. The molecule has 4 rings (SSSR count). The highest BCUT2D eigenvalue weighted by atomic mass is 35.5. The van der Waals surface area contributed by atoms with Gasteiger partial charge in [0.05, 0.1) is 22.5 Å². The highest BCUT2D eigenvalue weighted by Crippen LogP contribution is 2.34. The first-order chi connectivity index (χ1) is 15.0. The van der Waals surface area contributed by atoms with Crippen LogP contribution in [0.4, 0.5) is 0 Å². The van der Waals surface area contributed by atoms with Crippen LogP contribution >= 0.6 is 23.2 Å². The lowest BCUT2D eigenvalue weighted by atomic mass is 10.0. The number of hydrogen-bond donors (Lipinski definition) is 1. The monoisotopic (exact) mass is 458 g/mol. The Kier molecular flexibility index (Phi) is 7.89. The zero-order valence-corrected chi connectivity index (χ0v) is 19.8. The van der Waals surface area contributed by atoms with Crippen molar-refractivity contribution in [1.29, 1.82) is 0 Å². The molecule has 2 aromatic heterocycles. The lowest BCUT2D eigenvalue weighted by molar-refractivity contribution is 0.135. The van der Waals surface area contributed by atoms with Gasteiger partial charge in [0.1, 0.15) is 0 Å². The number of nitrogens with two attached hydrogens (primary N) is 1. The minimum Gasteiger partial charge on any atom is -0.377 e. The average Bonchev–Trinajstić information content (AvgIpc) is 3.03. The molecule has 0 radical (unpaired) electrons. The second-order valence-electron chi connectivity index (χ2n) is 7.02. The van der Waals surface area contributed by atoms with E-state index in [9.17, 15) is 0 Å². The van der Waals surface area contributed by atoms with Crippen molar-refractivity contribution in [1.82, 2.24) is 14.6 Å². The van der Waals surface area contributed by atoms with Gasteiger partial charge in [0.2, 0.25) is 0 Å². The van der Waals surface area contributed by atoms with Crippen LogP contribution in [-0.2, 0) is 11.3 Å². The van der Waals surface area contributed by atoms with Crippen LogP contribution in [0, 0.1) is 6.92 Å². The molecule has 0 amide bonds. The third-order valence-electron chi connectivity index (χ3n) is 5.20. The van der Waals surface area contributed by atoms with E-state index in [4.69, 9.17) is 43.8 Å². The molecule has 0 saturated heterocycles. The van der Waals surface area contributed by atoms with Gasteiger partial charge in [0, 0.05) is 41.6 Å². The Balaban J connectivity index is 0.00000132. The summed E-state index contributed by atoms with van der Waals surface area (Å²) in [5.41, 5.74) is 12.2. The van der Waals surface area contributed by atoms with Crippen LogP contribution in [-0.4, -0.2) is 27.8 Å². The van der Waals surface area contributed by atoms with Crippen LogP contribution in [0.3, 0.4) is 0 Å². The van der Waals surface area contributed by atoms with E-state index < -0.39 is 0 Å². The van der Waals surface area contributed by atoms with Gasteiger partial charge in [-0.05, 0) is 43.5 Å². The predicted octanol–water partition coefficient (Wildman–Crippen LogP) is 6.24. The SMILES string of the molecule is CC.COC1C=CC(c2cc3nc(C)c(CN)c(-c4ccc(Cl)cc4Cl)n3n2)=CCC1. The maximum absolute atomic E-state index is 6.53. The van der Waals surface area contributed by atoms with Gasteiger partial charge in [-0.2, -0.15) is 5.10 Å². The van der Waals surface area contributed by atoms with Crippen LogP contribution in [0.1, 0.15) is 43.6 Å². The fourth-order valence-corrected chi connectivity index (χ4v) is 4.16. The number of aryl methyl sites for hydroxylation is 1. The molecule has 1 aliphatic carbocycles. The minimum absolute atomic E-state index is 0.119. The lowest BCUT2D eigenvalue weighted by Gasteiger charge is -2.14. The summed E-state index contributed by atoms with van der Waals surface area (Å²) in [4.78, 5) is 4.73. The number of rotatable bonds is 4. The topological polar surface area (TPSA) is 65.4 Å². The van der Waals surface area contributed by atoms with Crippen molar-refractivity contribution in [3.05, 3.63) is 69.5 Å². The van der Waals surface area contributed by atoms with Crippen molar-refractivity contribution in [2.45, 2.75) is 46.3 Å². The number of halogens is 2. The third kappa shape index (κ3) is 4.85. The summed E-state index contributed by atoms with van der Waals surface area (Å²) in [7, 11) is 1.73. The first kappa shape index (κ1) is 23.5. The Labute approximate surface area is 193 Å². The molecule has 1 aromatic carbocycles. The molecular weight excluding hydrogens is 431 g/mol. The molecule has 164 valence electrons. The van der Waals surface area contributed by atoms with Gasteiger partial charge in [-0.25, -0.2) is 9.50 Å². The molecule has 2 heterocycles. The van der Waals surface area contributed by atoms with Crippen LogP contribution in [0.5, 0.6) is 0 Å². The molecule has 0 spiro atoms. The first-order valence-electron chi connectivity index (χ1n) is 10.5. The smallest absolute Gasteiger partial charge is 0.156 e. The summed E-state index contributed by atoms with van der Waals surface area (Å²) in [6, 6.07) is 7.43. The van der Waals surface area contributed by atoms with Crippen LogP contribution in [0.25, 0.3) is 22.5 Å². The molecule has 1 aliphatic rings. The van der Waals surface area contributed by atoms with E-state index in [1.54, 1.807) is 13.2 Å². The number of aromatic nitrogens is 3. The number of fused-ring (bicyclic) bond motifs is 1. The standard InChI is InChI=1S/C22H22Cl2N4O.C2H6/c1-13-18(12-25)22(17-9-7-15(23)10-19(17)24)28-21(26-13)11-20(27-28)14-4-3-5-16(29-2)8-6-14;1-2/h4,6-11,16H,3,5,12,25H2,1-2H3;1-2H3. The number of allylic oxidation sites excluding steroid dienone is 3.